The van der Waals surface area contributed by atoms with Gasteiger partial charge >= 0.3 is 0 Å². The van der Waals surface area contributed by atoms with Gasteiger partial charge in [0.05, 0.1) is 7.11 Å². The molecule has 0 aliphatic rings. The molecule has 1 rings (SSSR count). The largest absolute Gasteiger partial charge is 0.497 e. The van der Waals surface area contributed by atoms with Gasteiger partial charge in [0, 0.05) is 11.1 Å². The van der Waals surface area contributed by atoms with Crippen LogP contribution in [-0.4, -0.2) is 24.0 Å². The van der Waals surface area contributed by atoms with E-state index in [0.29, 0.717) is 5.25 Å². The predicted molar refractivity (Wildman–Crippen MR) is 74.0 cm³/mol. The molecule has 1 unspecified atom stereocenters. The molecule has 0 N–H and O–H groups in total. The summed E-state index contributed by atoms with van der Waals surface area (Å²) in [5.74, 6) is 2.84. The molecule has 16 heavy (non-hydrogen) atoms. The molecule has 1 atom stereocenters. The van der Waals surface area contributed by atoms with Gasteiger partial charge in [-0.1, -0.05) is 19.1 Å². The summed E-state index contributed by atoms with van der Waals surface area (Å²) in [4.78, 5) is 0. The van der Waals surface area contributed by atoms with Crippen LogP contribution in [0.3, 0.4) is 0 Å². The number of ether oxygens (including phenoxy) is 1. The van der Waals surface area contributed by atoms with Crippen molar-refractivity contribution in [3.63, 3.8) is 0 Å². The minimum absolute atomic E-state index is 0.663. The van der Waals surface area contributed by atoms with Crippen molar-refractivity contribution < 1.29 is 4.74 Å². The van der Waals surface area contributed by atoms with Gasteiger partial charge in [-0.05, 0) is 36.3 Å². The highest BCUT2D eigenvalue weighted by molar-refractivity contribution is 7.99. The van der Waals surface area contributed by atoms with Gasteiger partial charge in [-0.2, -0.15) is 11.8 Å². The molecule has 0 spiro atoms. The van der Waals surface area contributed by atoms with Crippen LogP contribution in [0.5, 0.6) is 5.75 Å². The number of thioether (sulfide) groups is 1. The number of benzene rings is 1. The monoisotopic (exact) mass is 258 g/mol. The molecular weight excluding hydrogens is 240 g/mol. The summed E-state index contributed by atoms with van der Waals surface area (Å²) in [5, 5.41) is 0.663. The molecule has 0 saturated carbocycles. The highest BCUT2D eigenvalue weighted by atomic mass is 35.5. The van der Waals surface area contributed by atoms with E-state index in [1.807, 2.05) is 23.9 Å². The Morgan fingerprint density at radius 3 is 2.56 bits per heavy atom. The number of hydrogen-bond acceptors (Lipinski definition) is 2. The fourth-order valence-corrected chi connectivity index (χ4v) is 2.90. The summed E-state index contributed by atoms with van der Waals surface area (Å²) in [6.45, 7) is 2.24. The summed E-state index contributed by atoms with van der Waals surface area (Å²) in [7, 11) is 1.69. The highest BCUT2D eigenvalue weighted by Crippen LogP contribution is 2.17. The maximum atomic E-state index is 5.70. The lowest BCUT2D eigenvalue weighted by atomic mass is 10.2. The van der Waals surface area contributed by atoms with E-state index in [-0.39, 0.29) is 0 Å². The SMILES string of the molecule is COc1ccc(CCSC(C)CCCl)cc1. The molecule has 0 bridgehead atoms. The Morgan fingerprint density at radius 1 is 1.31 bits per heavy atom. The molecule has 0 radical (unpaired) electrons. The van der Waals surface area contributed by atoms with Gasteiger partial charge in [-0.25, -0.2) is 0 Å². The third-order valence-corrected chi connectivity index (χ3v) is 3.93. The van der Waals surface area contributed by atoms with Gasteiger partial charge in [-0.15, -0.1) is 11.6 Å². The average Bonchev–Trinajstić information content (AvgIpc) is 2.30. The summed E-state index contributed by atoms with van der Waals surface area (Å²) >= 11 is 7.69. The molecule has 0 aromatic heterocycles. The molecule has 0 fully saturated rings. The van der Waals surface area contributed by atoms with Crippen LogP contribution in [0, 0.1) is 0 Å². The summed E-state index contributed by atoms with van der Waals surface area (Å²) < 4.78 is 5.12. The smallest absolute Gasteiger partial charge is 0.118 e. The van der Waals surface area contributed by atoms with E-state index in [9.17, 15) is 0 Å². The second kappa shape index (κ2) is 7.86. The zero-order valence-corrected chi connectivity index (χ0v) is 11.5. The van der Waals surface area contributed by atoms with Crippen molar-refractivity contribution >= 4 is 23.4 Å². The molecule has 90 valence electrons. The average molecular weight is 259 g/mol. The van der Waals surface area contributed by atoms with Crippen molar-refractivity contribution in [2.75, 3.05) is 18.7 Å². The first-order valence-electron chi connectivity index (χ1n) is 5.56. The molecule has 0 saturated heterocycles. The predicted octanol–water partition coefficient (Wildman–Crippen LogP) is 3.99. The van der Waals surface area contributed by atoms with Crippen LogP contribution < -0.4 is 4.74 Å². The van der Waals surface area contributed by atoms with Gasteiger partial charge in [0.25, 0.3) is 0 Å². The molecule has 0 aliphatic carbocycles. The van der Waals surface area contributed by atoms with Crippen LogP contribution in [0.15, 0.2) is 24.3 Å². The number of aryl methyl sites for hydroxylation is 1. The van der Waals surface area contributed by atoms with Crippen molar-refractivity contribution in [1.82, 2.24) is 0 Å². The third-order valence-electron chi connectivity index (χ3n) is 2.47. The molecule has 0 heterocycles. The lowest BCUT2D eigenvalue weighted by Crippen LogP contribution is -2.00. The number of methoxy groups -OCH3 is 1. The Kier molecular flexibility index (Phi) is 6.74. The molecule has 1 nitrogen and oxygen atoms in total. The summed E-state index contributed by atoms with van der Waals surface area (Å²) in [5.41, 5.74) is 1.37. The van der Waals surface area contributed by atoms with Crippen molar-refractivity contribution in [1.29, 1.82) is 0 Å². The van der Waals surface area contributed by atoms with Gasteiger partial charge in [-0.3, -0.25) is 0 Å². The number of halogens is 1. The van der Waals surface area contributed by atoms with E-state index in [1.165, 1.54) is 5.56 Å². The molecule has 1 aromatic rings. The second-order valence-electron chi connectivity index (χ2n) is 3.76. The van der Waals surface area contributed by atoms with E-state index >= 15 is 0 Å². The molecule has 3 heteroatoms. The Balaban J connectivity index is 2.26. The fourth-order valence-electron chi connectivity index (χ4n) is 1.41. The molecular formula is C13H19ClOS. The lowest BCUT2D eigenvalue weighted by molar-refractivity contribution is 0.414. The standard InChI is InChI=1S/C13H19ClOS/c1-11(7-9-14)16-10-8-12-3-5-13(15-2)6-4-12/h3-6,11H,7-10H2,1-2H3. The topological polar surface area (TPSA) is 9.23 Å². The van der Waals surface area contributed by atoms with E-state index in [1.54, 1.807) is 7.11 Å². The van der Waals surface area contributed by atoms with Crippen molar-refractivity contribution in [3.05, 3.63) is 29.8 Å². The van der Waals surface area contributed by atoms with Crippen molar-refractivity contribution in [2.24, 2.45) is 0 Å². The van der Waals surface area contributed by atoms with Gasteiger partial charge < -0.3 is 4.74 Å². The Morgan fingerprint density at radius 2 is 2.00 bits per heavy atom. The van der Waals surface area contributed by atoms with Crippen LogP contribution >= 0.6 is 23.4 Å². The summed E-state index contributed by atoms with van der Waals surface area (Å²) in [6, 6.07) is 8.29. The maximum Gasteiger partial charge on any atom is 0.118 e. The number of alkyl halides is 1. The Hall–Kier alpha value is -0.340. The Labute approximate surface area is 108 Å². The normalized spacial score (nSPS) is 12.4. The minimum atomic E-state index is 0.663. The number of hydrogen-bond donors (Lipinski definition) is 0. The quantitative estimate of drug-likeness (QED) is 0.684. The van der Waals surface area contributed by atoms with Crippen LogP contribution in [0.1, 0.15) is 18.9 Å². The fraction of sp³-hybridized carbons (Fsp3) is 0.538. The lowest BCUT2D eigenvalue weighted by Gasteiger charge is -2.09. The van der Waals surface area contributed by atoms with Crippen LogP contribution in [0.25, 0.3) is 0 Å². The Bertz CT molecular complexity index is 286. The van der Waals surface area contributed by atoms with E-state index in [4.69, 9.17) is 16.3 Å². The first-order valence-corrected chi connectivity index (χ1v) is 7.15. The first kappa shape index (κ1) is 13.7. The third kappa shape index (κ3) is 5.13. The van der Waals surface area contributed by atoms with Gasteiger partial charge in [0.1, 0.15) is 5.75 Å². The van der Waals surface area contributed by atoms with Gasteiger partial charge in [0.15, 0.2) is 0 Å². The zero-order valence-electron chi connectivity index (χ0n) is 9.91. The van der Waals surface area contributed by atoms with Crippen molar-refractivity contribution in [2.45, 2.75) is 25.0 Å². The van der Waals surface area contributed by atoms with Crippen molar-refractivity contribution in [3.8, 4) is 5.75 Å². The molecule has 1 aromatic carbocycles. The van der Waals surface area contributed by atoms with Crippen LogP contribution in [0.2, 0.25) is 0 Å². The molecule has 0 aliphatic heterocycles. The highest BCUT2D eigenvalue weighted by Gasteiger charge is 2.01. The van der Waals surface area contributed by atoms with E-state index in [2.05, 4.69) is 19.1 Å². The second-order valence-corrected chi connectivity index (χ2v) is 5.68. The zero-order chi connectivity index (χ0) is 11.8. The van der Waals surface area contributed by atoms with Crippen LogP contribution in [0.4, 0.5) is 0 Å². The maximum absolute atomic E-state index is 5.70. The van der Waals surface area contributed by atoms with E-state index < -0.39 is 0 Å². The number of rotatable bonds is 7. The minimum Gasteiger partial charge on any atom is -0.497 e. The van der Waals surface area contributed by atoms with Gasteiger partial charge in [0.2, 0.25) is 0 Å². The van der Waals surface area contributed by atoms with E-state index in [0.717, 1.165) is 30.2 Å². The molecule has 0 amide bonds. The first-order chi connectivity index (χ1) is 7.76. The summed E-state index contributed by atoms with van der Waals surface area (Å²) in [6.07, 6.45) is 2.20. The van der Waals surface area contributed by atoms with Crippen LogP contribution in [-0.2, 0) is 6.42 Å².